The molecule has 0 spiro atoms. The highest BCUT2D eigenvalue weighted by Gasteiger charge is 2.56. The Balaban J connectivity index is 1.72. The van der Waals surface area contributed by atoms with Crippen molar-refractivity contribution in [3.8, 4) is 6.07 Å². The van der Waals surface area contributed by atoms with Crippen molar-refractivity contribution in [1.29, 1.82) is 5.26 Å². The number of carbonyl (C=O) groups is 1. The van der Waals surface area contributed by atoms with Crippen molar-refractivity contribution >= 4 is 17.6 Å². The Labute approximate surface area is 155 Å². The van der Waals surface area contributed by atoms with Gasteiger partial charge >= 0.3 is 12.1 Å². The molecule has 4 atom stereocenters. The summed E-state index contributed by atoms with van der Waals surface area (Å²) in [6, 6.07) is 0.820. The Morgan fingerprint density at radius 3 is 2.59 bits per heavy atom. The van der Waals surface area contributed by atoms with Gasteiger partial charge in [-0.2, -0.15) is 18.4 Å². The fraction of sp³-hybridized carbons (Fsp3) is 0.611. The standard InChI is InChI=1S/C18H19F3N4O2/c1-9-2-3-25(9)17-11(6-22)14(18(19,20)21)5-15(23-17)24-7-12-10(4-16(26)27)13(12)8-24/h5,9-10,12-13H,2-4,7-8H2,1H3,(H,26,27)/t9-,10?,12-,13+/m0/s1/i5D. The predicted molar refractivity (Wildman–Crippen MR) is 90.3 cm³/mol. The van der Waals surface area contributed by atoms with Crippen LogP contribution in [0.2, 0.25) is 0 Å². The number of halogens is 3. The van der Waals surface area contributed by atoms with Crippen molar-refractivity contribution in [2.75, 3.05) is 29.4 Å². The topological polar surface area (TPSA) is 80.5 Å². The van der Waals surface area contributed by atoms with Crippen molar-refractivity contribution in [2.45, 2.75) is 32.0 Å². The Hall–Kier alpha value is -2.50. The summed E-state index contributed by atoms with van der Waals surface area (Å²) < 4.78 is 49.3. The molecule has 9 heteroatoms. The molecule has 6 nitrogen and oxygen atoms in total. The second-order valence-electron chi connectivity index (χ2n) is 7.57. The molecule has 1 aliphatic carbocycles. The molecule has 1 N–H and O–H groups in total. The van der Waals surface area contributed by atoms with Gasteiger partial charge in [0.1, 0.15) is 23.3 Å². The van der Waals surface area contributed by atoms with Gasteiger partial charge < -0.3 is 14.9 Å². The predicted octanol–water partition coefficient (Wildman–Crippen LogP) is 2.73. The van der Waals surface area contributed by atoms with Gasteiger partial charge in [0.15, 0.2) is 0 Å². The van der Waals surface area contributed by atoms with Gasteiger partial charge in [-0.3, -0.25) is 4.79 Å². The molecular formula is C18H19F3N4O2. The van der Waals surface area contributed by atoms with Gasteiger partial charge in [-0.25, -0.2) is 4.98 Å². The zero-order valence-electron chi connectivity index (χ0n) is 15.6. The highest BCUT2D eigenvalue weighted by molar-refractivity contribution is 5.68. The zero-order valence-corrected chi connectivity index (χ0v) is 14.6. The summed E-state index contributed by atoms with van der Waals surface area (Å²) in [4.78, 5) is 18.5. The van der Waals surface area contributed by atoms with Crippen LogP contribution in [0.3, 0.4) is 0 Å². The average Bonchev–Trinajstić information content (AvgIpc) is 3.02. The monoisotopic (exact) mass is 381 g/mol. The summed E-state index contributed by atoms with van der Waals surface area (Å²) in [6.07, 6.45) is -3.98. The number of hydrogen-bond acceptors (Lipinski definition) is 5. The fourth-order valence-corrected chi connectivity index (χ4v) is 4.30. The summed E-state index contributed by atoms with van der Waals surface area (Å²) >= 11 is 0. The van der Waals surface area contributed by atoms with Crippen LogP contribution in [0.25, 0.3) is 0 Å². The number of pyridine rings is 1. The van der Waals surface area contributed by atoms with E-state index in [1.807, 2.05) is 6.92 Å². The summed E-state index contributed by atoms with van der Waals surface area (Å²) in [5.41, 5.74) is -1.84. The van der Waals surface area contributed by atoms with Crippen LogP contribution < -0.4 is 9.80 Å². The van der Waals surface area contributed by atoms with E-state index in [9.17, 15) is 23.2 Å². The van der Waals surface area contributed by atoms with Crippen molar-refractivity contribution in [1.82, 2.24) is 4.98 Å². The number of aromatic nitrogens is 1. The van der Waals surface area contributed by atoms with Gasteiger partial charge in [-0.05, 0) is 37.1 Å². The maximum atomic E-state index is 13.7. The number of hydrogen-bond donors (Lipinski definition) is 1. The molecule has 1 aromatic heterocycles. The zero-order chi connectivity index (χ0) is 20.4. The number of nitriles is 1. The highest BCUT2D eigenvalue weighted by atomic mass is 19.4. The molecule has 2 aliphatic heterocycles. The average molecular weight is 381 g/mol. The molecule has 3 heterocycles. The van der Waals surface area contributed by atoms with Crippen LogP contribution in [-0.4, -0.2) is 41.7 Å². The molecule has 27 heavy (non-hydrogen) atoms. The van der Waals surface area contributed by atoms with Crippen molar-refractivity contribution in [3.63, 3.8) is 0 Å². The molecule has 0 bridgehead atoms. The Kier molecular flexibility index (Phi) is 3.71. The molecule has 2 saturated heterocycles. The second-order valence-corrected chi connectivity index (χ2v) is 7.57. The molecule has 3 aliphatic rings. The van der Waals surface area contributed by atoms with E-state index in [1.165, 1.54) is 0 Å². The maximum absolute atomic E-state index is 13.7. The van der Waals surface area contributed by atoms with E-state index in [0.717, 1.165) is 6.42 Å². The molecule has 0 aromatic carbocycles. The largest absolute Gasteiger partial charge is 0.481 e. The minimum Gasteiger partial charge on any atom is -0.481 e. The molecule has 1 aromatic rings. The Bertz CT molecular complexity index is 873. The first-order valence-electron chi connectivity index (χ1n) is 9.38. The number of anilines is 2. The van der Waals surface area contributed by atoms with Crippen LogP contribution in [0.4, 0.5) is 24.8 Å². The van der Waals surface area contributed by atoms with Gasteiger partial charge in [-0.1, -0.05) is 0 Å². The van der Waals surface area contributed by atoms with E-state index in [0.29, 0.717) is 19.6 Å². The smallest absolute Gasteiger partial charge is 0.417 e. The van der Waals surface area contributed by atoms with E-state index in [2.05, 4.69) is 4.98 Å². The maximum Gasteiger partial charge on any atom is 0.417 e. The third-order valence-corrected chi connectivity index (χ3v) is 5.99. The molecule has 0 amide bonds. The van der Waals surface area contributed by atoms with Gasteiger partial charge in [0.2, 0.25) is 0 Å². The SMILES string of the molecule is [2H]c1c(N2C[C@@H]3C(CC(=O)O)[C@@H]3C2)nc(N2CC[C@@H]2C)c(C#N)c1C(F)(F)F. The number of piperidine rings is 1. The molecule has 3 fully saturated rings. The quantitative estimate of drug-likeness (QED) is 0.864. The first-order chi connectivity index (χ1) is 13.1. The number of rotatable bonds is 4. The molecule has 0 radical (unpaired) electrons. The van der Waals surface area contributed by atoms with E-state index in [4.69, 9.17) is 6.48 Å². The lowest BCUT2D eigenvalue weighted by Gasteiger charge is -2.41. The number of nitrogens with zero attached hydrogens (tertiary/aromatic N) is 4. The number of fused-ring (bicyclic) bond motifs is 1. The fourth-order valence-electron chi connectivity index (χ4n) is 4.30. The third-order valence-electron chi connectivity index (χ3n) is 5.99. The molecule has 1 saturated carbocycles. The number of alkyl halides is 3. The van der Waals surface area contributed by atoms with Crippen molar-refractivity contribution < 1.29 is 24.4 Å². The van der Waals surface area contributed by atoms with Gasteiger partial charge in [0, 0.05) is 32.1 Å². The second kappa shape index (κ2) is 6.01. The lowest BCUT2D eigenvalue weighted by molar-refractivity contribution is -0.138. The summed E-state index contributed by atoms with van der Waals surface area (Å²) in [5.74, 6) is -0.707. The number of carboxylic acid groups (broad SMARTS) is 1. The van der Waals surface area contributed by atoms with Crippen molar-refractivity contribution in [3.05, 3.63) is 17.2 Å². The first kappa shape index (κ1) is 16.7. The van der Waals surface area contributed by atoms with Gasteiger partial charge in [0.25, 0.3) is 0 Å². The van der Waals surface area contributed by atoms with Crippen molar-refractivity contribution in [2.24, 2.45) is 17.8 Å². The lowest BCUT2D eigenvalue weighted by atomic mass is 10.0. The molecule has 1 unspecified atom stereocenters. The van der Waals surface area contributed by atoms with Crippen LogP contribution >= 0.6 is 0 Å². The number of aliphatic carboxylic acids is 1. The van der Waals surface area contributed by atoms with Crippen LogP contribution in [0.1, 0.15) is 32.3 Å². The number of carboxylic acids is 1. The lowest BCUT2D eigenvalue weighted by Crippen LogP contribution is -2.47. The van der Waals surface area contributed by atoms with Crippen LogP contribution in [-0.2, 0) is 11.0 Å². The van der Waals surface area contributed by atoms with E-state index < -0.39 is 29.3 Å². The summed E-state index contributed by atoms with van der Waals surface area (Å²) in [7, 11) is 0. The Morgan fingerprint density at radius 1 is 1.48 bits per heavy atom. The molecular weight excluding hydrogens is 361 g/mol. The minimum atomic E-state index is -4.84. The normalized spacial score (nSPS) is 29.7. The van der Waals surface area contributed by atoms with Crippen LogP contribution in [0, 0.1) is 29.1 Å². The van der Waals surface area contributed by atoms with E-state index in [-0.39, 0.29) is 41.9 Å². The van der Waals surface area contributed by atoms with Crippen LogP contribution in [0.5, 0.6) is 0 Å². The molecule has 144 valence electrons. The summed E-state index contributed by atoms with van der Waals surface area (Å²) in [6.45, 7) is 3.15. The van der Waals surface area contributed by atoms with E-state index >= 15 is 0 Å². The highest BCUT2D eigenvalue weighted by Crippen LogP contribution is 2.54. The van der Waals surface area contributed by atoms with E-state index in [1.54, 1.807) is 15.9 Å². The van der Waals surface area contributed by atoms with Gasteiger partial charge in [0.05, 0.1) is 6.93 Å². The van der Waals surface area contributed by atoms with Crippen LogP contribution in [0.15, 0.2) is 6.04 Å². The first-order valence-corrected chi connectivity index (χ1v) is 8.88. The summed E-state index contributed by atoms with van der Waals surface area (Å²) in [5, 5.41) is 18.3. The molecule has 4 rings (SSSR count). The Morgan fingerprint density at radius 2 is 2.15 bits per heavy atom. The minimum absolute atomic E-state index is 0.0118. The third kappa shape index (κ3) is 2.97. The van der Waals surface area contributed by atoms with Gasteiger partial charge in [-0.15, -0.1) is 0 Å².